The van der Waals surface area contributed by atoms with Crippen LogP contribution in [0.4, 0.5) is 5.69 Å². The van der Waals surface area contributed by atoms with Crippen LogP contribution in [0.15, 0.2) is 24.3 Å². The molecular weight excluding hydrogens is 218 g/mol. The maximum Gasteiger partial charge on any atom is 0.251 e. The SMILES string of the molecule is CCNC(=O)c1cccc(NC(=O)[C@@H](C)N)c1. The lowest BCUT2D eigenvalue weighted by Crippen LogP contribution is -2.32. The smallest absolute Gasteiger partial charge is 0.251 e. The summed E-state index contributed by atoms with van der Waals surface area (Å²) in [5.74, 6) is -0.442. The van der Waals surface area contributed by atoms with E-state index in [9.17, 15) is 9.59 Å². The Labute approximate surface area is 100 Å². The van der Waals surface area contributed by atoms with E-state index in [2.05, 4.69) is 10.6 Å². The van der Waals surface area contributed by atoms with Gasteiger partial charge < -0.3 is 16.4 Å². The van der Waals surface area contributed by atoms with Crippen molar-refractivity contribution in [1.82, 2.24) is 5.32 Å². The fourth-order valence-electron chi connectivity index (χ4n) is 1.26. The van der Waals surface area contributed by atoms with Crippen LogP contribution in [-0.4, -0.2) is 24.4 Å². The van der Waals surface area contributed by atoms with Gasteiger partial charge in [0.05, 0.1) is 6.04 Å². The molecule has 0 fully saturated rings. The summed E-state index contributed by atoms with van der Waals surface area (Å²) in [6.45, 7) is 4.01. The van der Waals surface area contributed by atoms with Gasteiger partial charge >= 0.3 is 0 Å². The highest BCUT2D eigenvalue weighted by Crippen LogP contribution is 2.10. The molecule has 0 aliphatic rings. The normalized spacial score (nSPS) is 11.7. The fraction of sp³-hybridized carbons (Fsp3) is 0.333. The largest absolute Gasteiger partial charge is 0.352 e. The molecule has 1 aromatic carbocycles. The molecule has 1 aromatic rings. The molecule has 0 aliphatic heterocycles. The monoisotopic (exact) mass is 235 g/mol. The Hall–Kier alpha value is -1.88. The van der Waals surface area contributed by atoms with Gasteiger partial charge in [0.25, 0.3) is 5.91 Å². The summed E-state index contributed by atoms with van der Waals surface area (Å²) >= 11 is 0. The molecule has 0 heterocycles. The van der Waals surface area contributed by atoms with Crippen molar-refractivity contribution in [2.24, 2.45) is 5.73 Å². The molecule has 0 aromatic heterocycles. The minimum absolute atomic E-state index is 0.163. The van der Waals surface area contributed by atoms with Gasteiger partial charge in [0.1, 0.15) is 0 Å². The van der Waals surface area contributed by atoms with Crippen molar-refractivity contribution in [2.45, 2.75) is 19.9 Å². The molecule has 0 unspecified atom stereocenters. The van der Waals surface area contributed by atoms with Crippen molar-refractivity contribution in [1.29, 1.82) is 0 Å². The molecule has 0 spiro atoms. The van der Waals surface area contributed by atoms with Crippen molar-refractivity contribution in [3.05, 3.63) is 29.8 Å². The molecule has 5 heteroatoms. The van der Waals surface area contributed by atoms with Gasteiger partial charge in [-0.05, 0) is 32.0 Å². The number of carbonyl (C=O) groups is 2. The molecule has 17 heavy (non-hydrogen) atoms. The van der Waals surface area contributed by atoms with E-state index in [1.54, 1.807) is 31.2 Å². The molecule has 0 aliphatic carbocycles. The zero-order chi connectivity index (χ0) is 12.8. The number of carbonyl (C=O) groups excluding carboxylic acids is 2. The van der Waals surface area contributed by atoms with E-state index in [-0.39, 0.29) is 11.8 Å². The molecule has 2 amide bonds. The molecule has 4 N–H and O–H groups in total. The van der Waals surface area contributed by atoms with Crippen LogP contribution in [0.2, 0.25) is 0 Å². The first kappa shape index (κ1) is 13.2. The van der Waals surface area contributed by atoms with Crippen molar-refractivity contribution < 1.29 is 9.59 Å². The van der Waals surface area contributed by atoms with E-state index in [0.29, 0.717) is 17.8 Å². The number of anilines is 1. The minimum atomic E-state index is -0.580. The number of hydrogen-bond donors (Lipinski definition) is 3. The van der Waals surface area contributed by atoms with Crippen LogP contribution < -0.4 is 16.4 Å². The van der Waals surface area contributed by atoms with E-state index in [1.807, 2.05) is 6.92 Å². The number of nitrogens with two attached hydrogens (primary N) is 1. The zero-order valence-electron chi connectivity index (χ0n) is 9.99. The first-order chi connectivity index (χ1) is 8.04. The molecule has 0 radical (unpaired) electrons. The van der Waals surface area contributed by atoms with Gasteiger partial charge in [-0.1, -0.05) is 6.07 Å². The first-order valence-electron chi connectivity index (χ1n) is 5.49. The average molecular weight is 235 g/mol. The highest BCUT2D eigenvalue weighted by Gasteiger charge is 2.09. The maximum absolute atomic E-state index is 11.6. The summed E-state index contributed by atoms with van der Waals surface area (Å²) in [4.78, 5) is 23.0. The van der Waals surface area contributed by atoms with Gasteiger partial charge in [0.2, 0.25) is 5.91 Å². The summed E-state index contributed by atoms with van der Waals surface area (Å²) in [6.07, 6.45) is 0. The third-order valence-electron chi connectivity index (χ3n) is 2.14. The molecule has 0 saturated carbocycles. The van der Waals surface area contributed by atoms with Crippen molar-refractivity contribution in [3.63, 3.8) is 0 Å². The Balaban J connectivity index is 2.79. The predicted molar refractivity (Wildman–Crippen MR) is 66.7 cm³/mol. The van der Waals surface area contributed by atoms with Crippen molar-refractivity contribution in [3.8, 4) is 0 Å². The second-order valence-corrected chi connectivity index (χ2v) is 3.72. The average Bonchev–Trinajstić information content (AvgIpc) is 2.29. The molecule has 0 saturated heterocycles. The Kier molecular flexibility index (Phi) is 4.66. The van der Waals surface area contributed by atoms with E-state index < -0.39 is 6.04 Å². The van der Waals surface area contributed by atoms with Crippen molar-refractivity contribution in [2.75, 3.05) is 11.9 Å². The number of rotatable bonds is 4. The minimum Gasteiger partial charge on any atom is -0.352 e. The lowest BCUT2D eigenvalue weighted by atomic mass is 10.2. The Morgan fingerprint density at radius 3 is 2.71 bits per heavy atom. The van der Waals surface area contributed by atoms with Crippen LogP contribution in [0.25, 0.3) is 0 Å². The Morgan fingerprint density at radius 1 is 1.41 bits per heavy atom. The highest BCUT2D eigenvalue weighted by atomic mass is 16.2. The van der Waals surface area contributed by atoms with Gasteiger partial charge in [-0.15, -0.1) is 0 Å². The summed E-state index contributed by atoms with van der Waals surface area (Å²) in [5, 5.41) is 5.32. The lowest BCUT2D eigenvalue weighted by molar-refractivity contribution is -0.117. The van der Waals surface area contributed by atoms with Gasteiger partial charge in [-0.3, -0.25) is 9.59 Å². The summed E-state index contributed by atoms with van der Waals surface area (Å²) in [5.41, 5.74) is 6.51. The van der Waals surface area contributed by atoms with E-state index >= 15 is 0 Å². The molecule has 1 atom stereocenters. The lowest BCUT2D eigenvalue weighted by Gasteiger charge is -2.09. The standard InChI is InChI=1S/C12H17N3O2/c1-3-14-12(17)9-5-4-6-10(7-9)15-11(16)8(2)13/h4-8H,3,13H2,1-2H3,(H,14,17)(H,15,16)/t8-/m1/s1. The number of nitrogens with one attached hydrogen (secondary N) is 2. The third-order valence-corrected chi connectivity index (χ3v) is 2.14. The second-order valence-electron chi connectivity index (χ2n) is 3.72. The fourth-order valence-corrected chi connectivity index (χ4v) is 1.26. The van der Waals surface area contributed by atoms with Crippen LogP contribution in [-0.2, 0) is 4.79 Å². The quantitative estimate of drug-likeness (QED) is 0.719. The van der Waals surface area contributed by atoms with Crippen LogP contribution in [0.1, 0.15) is 24.2 Å². The van der Waals surface area contributed by atoms with E-state index in [1.165, 1.54) is 0 Å². The number of hydrogen-bond acceptors (Lipinski definition) is 3. The molecule has 1 rings (SSSR count). The van der Waals surface area contributed by atoms with Gasteiger partial charge in [0, 0.05) is 17.8 Å². The zero-order valence-corrected chi connectivity index (χ0v) is 9.99. The molecule has 92 valence electrons. The highest BCUT2D eigenvalue weighted by molar-refractivity contribution is 5.98. The summed E-state index contributed by atoms with van der Waals surface area (Å²) in [7, 11) is 0. The molecule has 0 bridgehead atoms. The van der Waals surface area contributed by atoms with Crippen LogP contribution >= 0.6 is 0 Å². The maximum atomic E-state index is 11.6. The Bertz CT molecular complexity index is 416. The second kappa shape index (κ2) is 6.00. The summed E-state index contributed by atoms with van der Waals surface area (Å²) < 4.78 is 0. The molecular formula is C12H17N3O2. The van der Waals surface area contributed by atoms with Crippen LogP contribution in [0, 0.1) is 0 Å². The van der Waals surface area contributed by atoms with E-state index in [4.69, 9.17) is 5.73 Å². The first-order valence-corrected chi connectivity index (χ1v) is 5.49. The van der Waals surface area contributed by atoms with Gasteiger partial charge in [0.15, 0.2) is 0 Å². The topological polar surface area (TPSA) is 84.2 Å². The van der Waals surface area contributed by atoms with E-state index in [0.717, 1.165) is 0 Å². The molecule has 5 nitrogen and oxygen atoms in total. The predicted octanol–water partition coefficient (Wildman–Crippen LogP) is 0.722. The van der Waals surface area contributed by atoms with Gasteiger partial charge in [-0.25, -0.2) is 0 Å². The number of amides is 2. The summed E-state index contributed by atoms with van der Waals surface area (Å²) in [6, 6.07) is 6.14. The third kappa shape index (κ3) is 3.88. The Morgan fingerprint density at radius 2 is 2.12 bits per heavy atom. The van der Waals surface area contributed by atoms with Crippen molar-refractivity contribution >= 4 is 17.5 Å². The number of benzene rings is 1. The van der Waals surface area contributed by atoms with Crippen LogP contribution in [0.3, 0.4) is 0 Å². The van der Waals surface area contributed by atoms with Gasteiger partial charge in [-0.2, -0.15) is 0 Å². The van der Waals surface area contributed by atoms with Crippen LogP contribution in [0.5, 0.6) is 0 Å².